The molecule has 4 heterocycles. The highest BCUT2D eigenvalue weighted by Crippen LogP contribution is 2.31. The second-order valence-electron chi connectivity index (χ2n) is 10.2. The number of hydrogen-bond donors (Lipinski definition) is 1. The summed E-state index contributed by atoms with van der Waals surface area (Å²) >= 11 is 7.51. The predicted octanol–water partition coefficient (Wildman–Crippen LogP) is 5.48. The second kappa shape index (κ2) is 10.5. The highest BCUT2D eigenvalue weighted by molar-refractivity contribution is 7.22. The molecule has 196 valence electrons. The third-order valence-corrected chi connectivity index (χ3v) is 8.76. The average Bonchev–Trinajstić information content (AvgIpc) is 3.52. The van der Waals surface area contributed by atoms with Crippen LogP contribution in [0.4, 0.5) is 5.95 Å². The Bertz CT molecular complexity index is 1650. The molecule has 1 aliphatic heterocycles. The summed E-state index contributed by atoms with van der Waals surface area (Å²) in [7, 11) is 4.12. The lowest BCUT2D eigenvalue weighted by Crippen LogP contribution is -2.40. The Morgan fingerprint density at radius 3 is 2.63 bits per heavy atom. The van der Waals surface area contributed by atoms with Gasteiger partial charge in [0.25, 0.3) is 5.56 Å². The zero-order valence-corrected chi connectivity index (χ0v) is 23.4. The number of halogens is 1. The fourth-order valence-electron chi connectivity index (χ4n) is 5.38. The Labute approximate surface area is 230 Å². The number of aryl methyl sites for hydroxylation is 1. The number of aromatic nitrogens is 4. The summed E-state index contributed by atoms with van der Waals surface area (Å²) in [6, 6.07) is 15.8. The smallest absolute Gasteiger partial charge is 0.303 e. The van der Waals surface area contributed by atoms with E-state index in [1.807, 2.05) is 42.5 Å². The van der Waals surface area contributed by atoms with Crippen LogP contribution in [0.1, 0.15) is 25.7 Å². The first kappa shape index (κ1) is 25.1. The molecule has 0 unspecified atom stereocenters. The van der Waals surface area contributed by atoms with Crippen molar-refractivity contribution in [2.24, 2.45) is 0 Å². The van der Waals surface area contributed by atoms with Crippen molar-refractivity contribution in [3.8, 4) is 16.1 Å². The monoisotopic (exact) mass is 547 g/mol. The fourth-order valence-corrected chi connectivity index (χ4v) is 6.55. The summed E-state index contributed by atoms with van der Waals surface area (Å²) in [5, 5.41) is 0.691. The van der Waals surface area contributed by atoms with Crippen molar-refractivity contribution in [3.05, 3.63) is 70.2 Å². The average molecular weight is 548 g/mol. The SMILES string of the molecule is CN(C)c1[nH]c2cc(-n3cnc4cc(-c5ccc(Cl)cc5)sc4c3=O)ccc2[n+]1CCCN1CCCCC1. The second-order valence-corrected chi connectivity index (χ2v) is 11.7. The minimum Gasteiger partial charge on any atom is -0.303 e. The van der Waals surface area contributed by atoms with Gasteiger partial charge in [-0.05, 0) is 68.2 Å². The van der Waals surface area contributed by atoms with Crippen molar-refractivity contribution < 1.29 is 4.57 Å². The molecule has 7 nitrogen and oxygen atoms in total. The number of imidazole rings is 1. The number of rotatable bonds is 7. The Balaban J connectivity index is 1.31. The Kier molecular flexibility index (Phi) is 6.95. The molecule has 6 rings (SSSR count). The van der Waals surface area contributed by atoms with Gasteiger partial charge in [-0.2, -0.15) is 0 Å². The summed E-state index contributed by atoms with van der Waals surface area (Å²) < 4.78 is 4.64. The van der Waals surface area contributed by atoms with Gasteiger partial charge in [0.2, 0.25) is 0 Å². The van der Waals surface area contributed by atoms with Crippen molar-refractivity contribution in [1.29, 1.82) is 0 Å². The first-order valence-electron chi connectivity index (χ1n) is 13.2. The maximum Gasteiger partial charge on any atom is 0.357 e. The molecule has 0 aliphatic carbocycles. The molecule has 0 amide bonds. The van der Waals surface area contributed by atoms with Crippen molar-refractivity contribution in [2.75, 3.05) is 38.6 Å². The molecule has 2 aromatic carbocycles. The Morgan fingerprint density at radius 1 is 1.08 bits per heavy atom. The lowest BCUT2D eigenvalue weighted by atomic mass is 10.1. The van der Waals surface area contributed by atoms with E-state index in [1.54, 1.807) is 10.9 Å². The molecule has 1 aliphatic rings. The van der Waals surface area contributed by atoms with Crippen LogP contribution in [0.3, 0.4) is 0 Å². The van der Waals surface area contributed by atoms with Gasteiger partial charge < -0.3 is 4.90 Å². The van der Waals surface area contributed by atoms with Crippen LogP contribution >= 0.6 is 22.9 Å². The van der Waals surface area contributed by atoms with E-state index in [9.17, 15) is 4.79 Å². The van der Waals surface area contributed by atoms with E-state index < -0.39 is 0 Å². The summed E-state index contributed by atoms with van der Waals surface area (Å²) in [6.07, 6.45) is 6.74. The molecule has 0 bridgehead atoms. The number of fused-ring (bicyclic) bond motifs is 2. The molecule has 3 aromatic heterocycles. The maximum atomic E-state index is 13.5. The zero-order chi connectivity index (χ0) is 26.2. The van der Waals surface area contributed by atoms with Crippen molar-refractivity contribution in [1.82, 2.24) is 19.4 Å². The lowest BCUT2D eigenvalue weighted by molar-refractivity contribution is -0.658. The first-order chi connectivity index (χ1) is 18.5. The largest absolute Gasteiger partial charge is 0.357 e. The molecule has 9 heteroatoms. The fraction of sp³-hybridized carbons (Fsp3) is 0.345. The van der Waals surface area contributed by atoms with Crippen molar-refractivity contribution in [3.63, 3.8) is 0 Å². The van der Waals surface area contributed by atoms with E-state index in [2.05, 4.69) is 44.5 Å². The number of nitrogens with zero attached hydrogens (tertiary/aromatic N) is 5. The molecule has 0 spiro atoms. The molecule has 5 aromatic rings. The van der Waals surface area contributed by atoms with Crippen LogP contribution in [0.25, 0.3) is 37.4 Å². The first-order valence-corrected chi connectivity index (χ1v) is 14.4. The molecular weight excluding hydrogens is 516 g/mol. The molecule has 0 saturated carbocycles. The standard InChI is InChI=1S/C29H31ClN6OS/c1-33(2)29-32-23-17-22(11-12-25(23)35(29)16-6-15-34-13-4-3-5-14-34)36-19-31-24-18-26(38-27(24)28(36)37)20-7-9-21(30)10-8-20/h7-12,17-19H,3-6,13-16H2,1-2H3/p+1. The van der Waals surface area contributed by atoms with Crippen LogP contribution in [-0.2, 0) is 6.54 Å². The normalized spacial score (nSPS) is 14.5. The van der Waals surface area contributed by atoms with Gasteiger partial charge in [-0.1, -0.05) is 30.2 Å². The highest BCUT2D eigenvalue weighted by Gasteiger charge is 2.21. The van der Waals surface area contributed by atoms with E-state index in [-0.39, 0.29) is 5.56 Å². The number of nitrogens with one attached hydrogen (secondary N) is 1. The minimum atomic E-state index is -0.0617. The van der Waals surface area contributed by atoms with Crippen LogP contribution in [0.2, 0.25) is 5.02 Å². The number of hydrogen-bond acceptors (Lipinski definition) is 5. The van der Waals surface area contributed by atoms with Crippen LogP contribution in [0.15, 0.2) is 59.7 Å². The number of aromatic amines is 1. The van der Waals surface area contributed by atoms with Gasteiger partial charge in [0, 0.05) is 22.5 Å². The highest BCUT2D eigenvalue weighted by atomic mass is 35.5. The molecule has 0 radical (unpaired) electrons. The summed E-state index contributed by atoms with van der Waals surface area (Å²) in [4.78, 5) is 27.4. The van der Waals surface area contributed by atoms with E-state index in [0.717, 1.165) is 52.6 Å². The Morgan fingerprint density at radius 2 is 1.87 bits per heavy atom. The van der Waals surface area contributed by atoms with Gasteiger partial charge in [0.05, 0.1) is 31.8 Å². The number of H-pyrrole nitrogens is 1. The molecule has 1 fully saturated rings. The lowest BCUT2D eigenvalue weighted by Gasteiger charge is -2.26. The third kappa shape index (κ3) is 4.84. The number of piperidine rings is 1. The van der Waals surface area contributed by atoms with E-state index >= 15 is 0 Å². The molecule has 1 saturated heterocycles. The minimum absolute atomic E-state index is 0.0617. The summed E-state index contributed by atoms with van der Waals surface area (Å²) in [5.74, 6) is 1.06. The number of likely N-dealkylation sites (tertiary alicyclic amines) is 1. The van der Waals surface area contributed by atoms with Gasteiger partial charge in [-0.15, -0.1) is 11.3 Å². The quantitative estimate of drug-likeness (QED) is 0.274. The number of anilines is 1. The number of thiophene rings is 1. The third-order valence-electron chi connectivity index (χ3n) is 7.35. The van der Waals surface area contributed by atoms with Crippen LogP contribution in [0.5, 0.6) is 0 Å². The molecular formula is C29H32ClN6OS+. The topological polar surface area (TPSA) is 61.0 Å². The Hall–Kier alpha value is -3.20. The van der Waals surface area contributed by atoms with Crippen molar-refractivity contribution >= 4 is 50.1 Å². The molecule has 38 heavy (non-hydrogen) atoms. The van der Waals surface area contributed by atoms with Gasteiger partial charge in [0.15, 0.2) is 0 Å². The van der Waals surface area contributed by atoms with Crippen molar-refractivity contribution in [2.45, 2.75) is 32.2 Å². The van der Waals surface area contributed by atoms with E-state index in [0.29, 0.717) is 15.2 Å². The molecule has 0 atom stereocenters. The van der Waals surface area contributed by atoms with Crippen LogP contribution in [0, 0.1) is 0 Å². The number of benzene rings is 2. The van der Waals surface area contributed by atoms with E-state index in [1.165, 1.54) is 43.7 Å². The molecule has 1 N–H and O–H groups in total. The van der Waals surface area contributed by atoms with E-state index in [4.69, 9.17) is 11.6 Å². The van der Waals surface area contributed by atoms with Crippen LogP contribution < -0.4 is 15.0 Å². The van der Waals surface area contributed by atoms with Gasteiger partial charge in [-0.25, -0.2) is 14.5 Å². The maximum absolute atomic E-state index is 13.5. The predicted molar refractivity (Wildman–Crippen MR) is 157 cm³/mol. The van der Waals surface area contributed by atoms with Crippen LogP contribution in [-0.4, -0.2) is 53.2 Å². The van der Waals surface area contributed by atoms with Gasteiger partial charge in [0.1, 0.15) is 22.1 Å². The van der Waals surface area contributed by atoms with Gasteiger partial charge in [-0.3, -0.25) is 14.3 Å². The zero-order valence-electron chi connectivity index (χ0n) is 21.8. The summed E-state index contributed by atoms with van der Waals surface area (Å²) in [6.45, 7) is 4.52. The van der Waals surface area contributed by atoms with Gasteiger partial charge >= 0.3 is 5.95 Å². The summed E-state index contributed by atoms with van der Waals surface area (Å²) in [5.41, 5.74) is 4.61.